The molecule has 0 atom stereocenters. The van der Waals surface area contributed by atoms with Gasteiger partial charge in [-0.25, -0.2) is 9.48 Å². The zero-order valence-electron chi connectivity index (χ0n) is 15.0. The molecular weight excluding hydrogens is 360 g/mol. The third kappa shape index (κ3) is 3.40. The highest BCUT2D eigenvalue weighted by Gasteiger charge is 2.30. The average Bonchev–Trinajstić information content (AvgIpc) is 3.25. The van der Waals surface area contributed by atoms with E-state index in [1.807, 2.05) is 47.1 Å². The summed E-state index contributed by atoms with van der Waals surface area (Å²) in [5.74, 6) is -0.373. The molecule has 0 saturated carbocycles. The third-order valence-electron chi connectivity index (χ3n) is 4.61. The third-order valence-corrected chi connectivity index (χ3v) is 4.86. The number of benzene rings is 2. The van der Waals surface area contributed by atoms with Gasteiger partial charge >= 0.3 is 5.97 Å². The Labute approximate surface area is 163 Å². The van der Waals surface area contributed by atoms with Crippen molar-refractivity contribution in [3.63, 3.8) is 0 Å². The number of aromatic nitrogens is 2. The molecule has 0 bridgehead atoms. The van der Waals surface area contributed by atoms with Crippen LogP contribution in [0, 0.1) is 0 Å². The molecule has 1 heterocycles. The van der Waals surface area contributed by atoms with Gasteiger partial charge < -0.3 is 4.74 Å². The van der Waals surface area contributed by atoms with Crippen LogP contribution in [-0.4, -0.2) is 22.4 Å². The van der Waals surface area contributed by atoms with Crippen LogP contribution in [0.15, 0.2) is 54.6 Å². The molecule has 0 fully saturated rings. The standard InChI is InChI=1S/C22H19ClN2O2/c1-2-27-22(26)20-19-13-8-16(14-15-6-4-3-5-7-15)21(19)25(24-20)18-11-9-17(23)10-12-18/h3-7,9-12,14H,2,8,13H2,1H3. The quantitative estimate of drug-likeness (QED) is 0.587. The molecule has 1 aliphatic carbocycles. The summed E-state index contributed by atoms with van der Waals surface area (Å²) in [4.78, 5) is 12.4. The lowest BCUT2D eigenvalue weighted by Crippen LogP contribution is -2.09. The van der Waals surface area contributed by atoms with Gasteiger partial charge in [0.1, 0.15) is 0 Å². The topological polar surface area (TPSA) is 44.1 Å². The van der Waals surface area contributed by atoms with Gasteiger partial charge in [-0.3, -0.25) is 0 Å². The fourth-order valence-corrected chi connectivity index (χ4v) is 3.54. The number of esters is 1. The van der Waals surface area contributed by atoms with Crippen molar-refractivity contribution in [2.24, 2.45) is 0 Å². The second kappa shape index (κ2) is 7.41. The highest BCUT2D eigenvalue weighted by molar-refractivity contribution is 6.30. The van der Waals surface area contributed by atoms with Crippen molar-refractivity contribution < 1.29 is 9.53 Å². The first-order chi connectivity index (χ1) is 13.2. The van der Waals surface area contributed by atoms with Crippen LogP contribution in [0.1, 0.15) is 40.7 Å². The predicted molar refractivity (Wildman–Crippen MR) is 107 cm³/mol. The summed E-state index contributed by atoms with van der Waals surface area (Å²) in [6, 6.07) is 17.6. The van der Waals surface area contributed by atoms with Crippen molar-refractivity contribution in [1.82, 2.24) is 9.78 Å². The van der Waals surface area contributed by atoms with Gasteiger partial charge in [0, 0.05) is 10.6 Å². The highest BCUT2D eigenvalue weighted by atomic mass is 35.5. The van der Waals surface area contributed by atoms with Crippen molar-refractivity contribution in [1.29, 1.82) is 0 Å². The Hall–Kier alpha value is -2.85. The summed E-state index contributed by atoms with van der Waals surface area (Å²) < 4.78 is 7.05. The van der Waals surface area contributed by atoms with E-state index in [-0.39, 0.29) is 5.97 Å². The van der Waals surface area contributed by atoms with E-state index in [0.29, 0.717) is 17.3 Å². The Balaban J connectivity index is 1.86. The number of carbonyl (C=O) groups is 1. The van der Waals surface area contributed by atoms with E-state index < -0.39 is 0 Å². The summed E-state index contributed by atoms with van der Waals surface area (Å²) in [7, 11) is 0. The minimum Gasteiger partial charge on any atom is -0.461 e. The number of carbonyl (C=O) groups excluding carboxylic acids is 1. The second-order valence-corrected chi connectivity index (χ2v) is 6.80. The summed E-state index contributed by atoms with van der Waals surface area (Å²) in [6.45, 7) is 2.13. The number of hydrogen-bond donors (Lipinski definition) is 0. The molecule has 4 rings (SSSR count). The Morgan fingerprint density at radius 2 is 1.89 bits per heavy atom. The minimum absolute atomic E-state index is 0.328. The SMILES string of the molecule is CCOC(=O)c1nn(-c2ccc(Cl)cc2)c2c1CCC2=Cc1ccccc1. The molecule has 3 aromatic rings. The van der Waals surface area contributed by atoms with Gasteiger partial charge in [0.2, 0.25) is 0 Å². The van der Waals surface area contributed by atoms with Crippen molar-refractivity contribution >= 4 is 29.2 Å². The lowest BCUT2D eigenvalue weighted by Gasteiger charge is -2.08. The fourth-order valence-electron chi connectivity index (χ4n) is 3.42. The zero-order chi connectivity index (χ0) is 18.8. The second-order valence-electron chi connectivity index (χ2n) is 6.36. The fraction of sp³-hybridized carbons (Fsp3) is 0.182. The van der Waals surface area contributed by atoms with E-state index in [4.69, 9.17) is 16.3 Å². The number of ether oxygens (including phenoxy) is 1. The van der Waals surface area contributed by atoms with Crippen LogP contribution in [0.25, 0.3) is 17.3 Å². The molecule has 136 valence electrons. The Bertz CT molecular complexity index is 1000. The van der Waals surface area contributed by atoms with Crippen LogP contribution >= 0.6 is 11.6 Å². The van der Waals surface area contributed by atoms with E-state index >= 15 is 0 Å². The average molecular weight is 379 g/mol. The lowest BCUT2D eigenvalue weighted by molar-refractivity contribution is 0.0517. The first kappa shape index (κ1) is 17.6. The van der Waals surface area contributed by atoms with Gasteiger partial charge in [-0.1, -0.05) is 41.9 Å². The molecule has 0 N–H and O–H groups in total. The number of nitrogens with zero attached hydrogens (tertiary/aromatic N) is 2. The number of hydrogen-bond acceptors (Lipinski definition) is 3. The summed E-state index contributed by atoms with van der Waals surface area (Å²) in [5.41, 5.74) is 5.48. The predicted octanol–water partition coefficient (Wildman–Crippen LogP) is 5.19. The molecule has 1 aliphatic rings. The molecule has 0 aliphatic heterocycles. The zero-order valence-corrected chi connectivity index (χ0v) is 15.7. The summed E-state index contributed by atoms with van der Waals surface area (Å²) in [5, 5.41) is 5.26. The Kier molecular flexibility index (Phi) is 4.82. The van der Waals surface area contributed by atoms with Crippen molar-refractivity contribution in [2.45, 2.75) is 19.8 Å². The normalized spacial score (nSPS) is 14.4. The van der Waals surface area contributed by atoms with Crippen molar-refractivity contribution in [3.05, 3.63) is 82.1 Å². The van der Waals surface area contributed by atoms with Crippen LogP contribution in [0.4, 0.5) is 0 Å². The van der Waals surface area contributed by atoms with Gasteiger partial charge in [-0.15, -0.1) is 0 Å². The Morgan fingerprint density at radius 3 is 2.59 bits per heavy atom. The molecule has 1 aromatic heterocycles. The van der Waals surface area contributed by atoms with E-state index in [1.165, 1.54) is 0 Å². The summed E-state index contributed by atoms with van der Waals surface area (Å²) >= 11 is 6.03. The maximum atomic E-state index is 12.4. The molecule has 0 amide bonds. The summed E-state index contributed by atoms with van der Waals surface area (Å²) in [6.07, 6.45) is 3.80. The first-order valence-electron chi connectivity index (χ1n) is 8.98. The molecule has 2 aromatic carbocycles. The number of rotatable bonds is 4. The van der Waals surface area contributed by atoms with Crippen molar-refractivity contribution in [3.8, 4) is 5.69 Å². The van der Waals surface area contributed by atoms with E-state index in [1.54, 1.807) is 6.92 Å². The van der Waals surface area contributed by atoms with E-state index in [0.717, 1.165) is 40.9 Å². The Morgan fingerprint density at radius 1 is 1.15 bits per heavy atom. The van der Waals surface area contributed by atoms with E-state index in [9.17, 15) is 4.79 Å². The maximum Gasteiger partial charge on any atom is 0.359 e. The smallest absolute Gasteiger partial charge is 0.359 e. The van der Waals surface area contributed by atoms with Crippen molar-refractivity contribution in [2.75, 3.05) is 6.61 Å². The molecule has 0 saturated heterocycles. The van der Waals surface area contributed by atoms with Crippen LogP contribution in [0.3, 0.4) is 0 Å². The van der Waals surface area contributed by atoms with Gasteiger partial charge in [-0.05, 0) is 61.2 Å². The number of fused-ring (bicyclic) bond motifs is 1. The van der Waals surface area contributed by atoms with Crippen LogP contribution in [0.5, 0.6) is 0 Å². The van der Waals surface area contributed by atoms with E-state index in [2.05, 4.69) is 23.3 Å². The molecule has 5 heteroatoms. The van der Waals surface area contributed by atoms with Crippen LogP contribution < -0.4 is 0 Å². The monoisotopic (exact) mass is 378 g/mol. The molecule has 0 radical (unpaired) electrons. The maximum absolute atomic E-state index is 12.4. The van der Waals surface area contributed by atoms with Gasteiger partial charge in [-0.2, -0.15) is 5.10 Å². The molecular formula is C22H19ClN2O2. The van der Waals surface area contributed by atoms with Crippen LogP contribution in [-0.2, 0) is 11.2 Å². The molecule has 27 heavy (non-hydrogen) atoms. The molecule has 4 nitrogen and oxygen atoms in total. The number of allylic oxidation sites excluding steroid dienone is 1. The van der Waals surface area contributed by atoms with Gasteiger partial charge in [0.15, 0.2) is 5.69 Å². The van der Waals surface area contributed by atoms with Gasteiger partial charge in [0.05, 0.1) is 18.0 Å². The molecule has 0 spiro atoms. The van der Waals surface area contributed by atoms with Gasteiger partial charge in [0.25, 0.3) is 0 Å². The van der Waals surface area contributed by atoms with Crippen LogP contribution in [0.2, 0.25) is 5.02 Å². The minimum atomic E-state index is -0.373. The largest absolute Gasteiger partial charge is 0.461 e. The molecule has 0 unspecified atom stereocenters. The number of halogens is 1. The highest BCUT2D eigenvalue weighted by Crippen LogP contribution is 2.37. The first-order valence-corrected chi connectivity index (χ1v) is 9.36. The lowest BCUT2D eigenvalue weighted by atomic mass is 10.1.